The molecule has 1 fully saturated rings. The lowest BCUT2D eigenvalue weighted by Gasteiger charge is -2.35. The largest absolute Gasteiger partial charge is 0.484 e. The maximum atomic E-state index is 12.6. The molecule has 0 aromatic heterocycles. The average molecular weight is 480 g/mol. The summed E-state index contributed by atoms with van der Waals surface area (Å²) in [4.78, 5) is 14.1. The van der Waals surface area contributed by atoms with Gasteiger partial charge in [0.25, 0.3) is 5.91 Å². The van der Waals surface area contributed by atoms with Crippen LogP contribution in [0.25, 0.3) is 0 Å². The molecular weight excluding hydrogens is 450 g/mol. The molecule has 0 atom stereocenters. The lowest BCUT2D eigenvalue weighted by molar-refractivity contribution is -0.122. The number of piperazine rings is 1. The maximum Gasteiger partial charge on any atom is 0.257 e. The van der Waals surface area contributed by atoms with Crippen LogP contribution >= 0.6 is 11.6 Å². The Labute approximate surface area is 195 Å². The number of amides is 1. The van der Waals surface area contributed by atoms with Crippen LogP contribution in [-0.2, 0) is 14.8 Å². The number of ether oxygens (including phenoxy) is 1. The first kappa shape index (κ1) is 24.4. The quantitative estimate of drug-likeness (QED) is 0.597. The summed E-state index contributed by atoms with van der Waals surface area (Å²) in [6, 6.07) is 15.1. The Kier molecular flexibility index (Phi) is 8.39. The molecule has 0 aliphatic carbocycles. The molecular formula is C23H30ClN3O4S. The van der Waals surface area contributed by atoms with Gasteiger partial charge in [-0.1, -0.05) is 43.6 Å². The van der Waals surface area contributed by atoms with Crippen molar-refractivity contribution < 1.29 is 17.9 Å². The molecule has 1 amide bonds. The Balaban J connectivity index is 1.39. The molecule has 0 spiro atoms. The van der Waals surface area contributed by atoms with Gasteiger partial charge < -0.3 is 15.0 Å². The van der Waals surface area contributed by atoms with E-state index in [1.807, 2.05) is 48.5 Å². The molecule has 0 saturated carbocycles. The van der Waals surface area contributed by atoms with E-state index >= 15 is 0 Å². The van der Waals surface area contributed by atoms with Crippen LogP contribution in [0.1, 0.15) is 25.3 Å². The van der Waals surface area contributed by atoms with Gasteiger partial charge in [-0.25, -0.2) is 8.42 Å². The van der Waals surface area contributed by atoms with Gasteiger partial charge in [-0.2, -0.15) is 4.31 Å². The van der Waals surface area contributed by atoms with Crippen LogP contribution in [0.3, 0.4) is 0 Å². The number of nitrogens with zero attached hydrogens (tertiary/aromatic N) is 2. The van der Waals surface area contributed by atoms with Crippen LogP contribution in [0.2, 0.25) is 5.02 Å². The minimum Gasteiger partial charge on any atom is -0.484 e. The molecule has 0 radical (unpaired) electrons. The van der Waals surface area contributed by atoms with Crippen molar-refractivity contribution in [1.82, 2.24) is 9.62 Å². The van der Waals surface area contributed by atoms with Gasteiger partial charge >= 0.3 is 0 Å². The maximum absolute atomic E-state index is 12.6. The highest BCUT2D eigenvalue weighted by Gasteiger charge is 2.27. The number of sulfonamides is 1. The zero-order valence-corrected chi connectivity index (χ0v) is 20.0. The number of rotatable bonds is 9. The molecule has 2 aromatic rings. The smallest absolute Gasteiger partial charge is 0.257 e. The second-order valence-electron chi connectivity index (χ2n) is 8.04. The van der Waals surface area contributed by atoms with E-state index in [9.17, 15) is 13.2 Å². The molecule has 0 bridgehead atoms. The van der Waals surface area contributed by atoms with Crippen molar-refractivity contribution in [3.8, 4) is 5.75 Å². The molecule has 1 heterocycles. The summed E-state index contributed by atoms with van der Waals surface area (Å²) in [6.45, 7) is 6.10. The number of hydrogen-bond donors (Lipinski definition) is 1. The number of benzene rings is 2. The molecule has 3 rings (SSSR count). The summed E-state index contributed by atoms with van der Waals surface area (Å²) in [5.41, 5.74) is 2.18. The predicted molar refractivity (Wildman–Crippen MR) is 128 cm³/mol. The van der Waals surface area contributed by atoms with Gasteiger partial charge in [-0.15, -0.1) is 0 Å². The van der Waals surface area contributed by atoms with Gasteiger partial charge in [-0.3, -0.25) is 4.79 Å². The molecule has 9 heteroatoms. The fraction of sp³-hybridized carbons (Fsp3) is 0.435. The molecule has 1 saturated heterocycles. The molecule has 0 unspecified atom stereocenters. The van der Waals surface area contributed by atoms with E-state index in [0.29, 0.717) is 42.9 Å². The van der Waals surface area contributed by atoms with E-state index in [4.69, 9.17) is 16.3 Å². The van der Waals surface area contributed by atoms with E-state index in [0.717, 1.165) is 5.69 Å². The Morgan fingerprint density at radius 3 is 2.41 bits per heavy atom. The van der Waals surface area contributed by atoms with E-state index in [1.54, 1.807) is 0 Å². The van der Waals surface area contributed by atoms with E-state index in [-0.39, 0.29) is 24.8 Å². The van der Waals surface area contributed by atoms with Crippen molar-refractivity contribution in [3.63, 3.8) is 0 Å². The Hall–Kier alpha value is -2.29. The van der Waals surface area contributed by atoms with Crippen LogP contribution in [0.5, 0.6) is 5.75 Å². The summed E-state index contributed by atoms with van der Waals surface area (Å²) in [5.74, 6) is 0.543. The van der Waals surface area contributed by atoms with Gasteiger partial charge in [-0.05, 0) is 41.8 Å². The third-order valence-corrected chi connectivity index (χ3v) is 7.51. The molecule has 7 nitrogen and oxygen atoms in total. The molecule has 174 valence electrons. The van der Waals surface area contributed by atoms with Gasteiger partial charge in [0.2, 0.25) is 10.0 Å². The summed E-state index contributed by atoms with van der Waals surface area (Å²) in [5, 5.41) is 3.28. The standard InChI is InChI=1S/C23H30ClN3O4S/c1-18(2)19-6-8-22(9-7-19)31-17-23(28)25-10-15-32(29,30)27-13-11-26(12-14-27)21-5-3-4-20(24)16-21/h3-9,16,18H,10-15,17H2,1-2H3,(H,25,28). The van der Waals surface area contributed by atoms with Crippen molar-refractivity contribution in [1.29, 1.82) is 0 Å². The van der Waals surface area contributed by atoms with E-state index in [1.165, 1.54) is 9.87 Å². The van der Waals surface area contributed by atoms with Crippen molar-refractivity contribution in [2.24, 2.45) is 0 Å². The fourth-order valence-corrected chi connectivity index (χ4v) is 5.02. The number of halogens is 1. The topological polar surface area (TPSA) is 78.9 Å². The van der Waals surface area contributed by atoms with Crippen LogP contribution in [0.15, 0.2) is 48.5 Å². The fourth-order valence-electron chi connectivity index (χ4n) is 3.49. The molecule has 1 N–H and O–H groups in total. The second-order valence-corrected chi connectivity index (χ2v) is 10.6. The molecule has 1 aliphatic heterocycles. The Bertz CT molecular complexity index is 1000. The number of anilines is 1. The zero-order chi connectivity index (χ0) is 23.1. The summed E-state index contributed by atoms with van der Waals surface area (Å²) in [7, 11) is -3.45. The number of hydrogen-bond acceptors (Lipinski definition) is 5. The molecule has 2 aromatic carbocycles. The zero-order valence-electron chi connectivity index (χ0n) is 18.5. The third kappa shape index (κ3) is 6.85. The van der Waals surface area contributed by atoms with Crippen molar-refractivity contribution in [2.75, 3.05) is 50.0 Å². The lowest BCUT2D eigenvalue weighted by atomic mass is 10.0. The molecule has 32 heavy (non-hydrogen) atoms. The van der Waals surface area contributed by atoms with Gasteiger partial charge in [0.1, 0.15) is 5.75 Å². The number of nitrogens with one attached hydrogen (secondary N) is 1. The van der Waals surface area contributed by atoms with Crippen LogP contribution in [0, 0.1) is 0 Å². The minimum atomic E-state index is -3.45. The summed E-state index contributed by atoms with van der Waals surface area (Å²) < 4.78 is 32.2. The van der Waals surface area contributed by atoms with Crippen molar-refractivity contribution in [3.05, 3.63) is 59.1 Å². The first-order valence-electron chi connectivity index (χ1n) is 10.7. The van der Waals surface area contributed by atoms with Gasteiger partial charge in [0.05, 0.1) is 5.75 Å². The number of carbonyl (C=O) groups is 1. The van der Waals surface area contributed by atoms with Gasteiger partial charge in [0, 0.05) is 43.4 Å². The van der Waals surface area contributed by atoms with Gasteiger partial charge in [0.15, 0.2) is 6.61 Å². The highest BCUT2D eigenvalue weighted by molar-refractivity contribution is 7.89. The summed E-state index contributed by atoms with van der Waals surface area (Å²) in [6.07, 6.45) is 0. The third-order valence-electron chi connectivity index (χ3n) is 5.40. The predicted octanol–water partition coefficient (Wildman–Crippen LogP) is 3.11. The highest BCUT2D eigenvalue weighted by Crippen LogP contribution is 2.21. The normalized spacial score (nSPS) is 15.1. The summed E-state index contributed by atoms with van der Waals surface area (Å²) >= 11 is 6.05. The van der Waals surface area contributed by atoms with Crippen molar-refractivity contribution >= 4 is 33.2 Å². The molecule has 1 aliphatic rings. The second kappa shape index (κ2) is 11.0. The monoisotopic (exact) mass is 479 g/mol. The van der Waals surface area contributed by atoms with Crippen molar-refractivity contribution in [2.45, 2.75) is 19.8 Å². The first-order valence-corrected chi connectivity index (χ1v) is 12.7. The van der Waals surface area contributed by atoms with E-state index in [2.05, 4.69) is 24.1 Å². The Morgan fingerprint density at radius 2 is 1.78 bits per heavy atom. The van der Waals surface area contributed by atoms with E-state index < -0.39 is 10.0 Å². The average Bonchev–Trinajstić information content (AvgIpc) is 2.78. The number of carbonyl (C=O) groups excluding carboxylic acids is 1. The first-order chi connectivity index (χ1) is 15.2. The van der Waals surface area contributed by atoms with Crippen LogP contribution in [-0.4, -0.2) is 63.7 Å². The van der Waals surface area contributed by atoms with Crippen LogP contribution in [0.4, 0.5) is 5.69 Å². The minimum absolute atomic E-state index is 0.0469. The SMILES string of the molecule is CC(C)c1ccc(OCC(=O)NCCS(=O)(=O)N2CCN(c3cccc(Cl)c3)CC2)cc1. The lowest BCUT2D eigenvalue weighted by Crippen LogP contribution is -2.50. The Morgan fingerprint density at radius 1 is 1.09 bits per heavy atom. The highest BCUT2D eigenvalue weighted by atomic mass is 35.5. The van der Waals surface area contributed by atoms with Crippen LogP contribution < -0.4 is 15.0 Å².